The molecule has 0 radical (unpaired) electrons. The Hall–Kier alpha value is 0.427. The average Bonchev–Trinajstić information content (AvgIpc) is 2.25. The Morgan fingerprint density at radius 2 is 1.50 bits per heavy atom. The van der Waals surface area contributed by atoms with Crippen molar-refractivity contribution in [2.75, 3.05) is 19.1 Å². The number of aliphatic hydroxyl groups excluding tert-OH is 2. The highest BCUT2D eigenvalue weighted by Gasteiger charge is 2.29. The molecule has 0 aliphatic rings. The molecular formula is C12H27ClO2Si. The van der Waals surface area contributed by atoms with Gasteiger partial charge in [0.05, 0.1) is 8.07 Å². The van der Waals surface area contributed by atoms with Gasteiger partial charge in [0.2, 0.25) is 0 Å². The largest absolute Gasteiger partial charge is 0.396 e. The van der Waals surface area contributed by atoms with Crippen LogP contribution in [-0.2, 0) is 0 Å². The predicted octanol–water partition coefficient (Wildman–Crippen LogP) is 2.95. The van der Waals surface area contributed by atoms with Crippen molar-refractivity contribution in [1.82, 2.24) is 0 Å². The minimum Gasteiger partial charge on any atom is -0.396 e. The first-order valence-electron chi connectivity index (χ1n) is 6.25. The molecule has 0 aliphatic heterocycles. The summed E-state index contributed by atoms with van der Waals surface area (Å²) in [7, 11) is -1.34. The average molecular weight is 267 g/mol. The summed E-state index contributed by atoms with van der Waals surface area (Å²) in [6.07, 6.45) is 1.07. The first-order valence-corrected chi connectivity index (χ1v) is 9.90. The van der Waals surface area contributed by atoms with E-state index < -0.39 is 8.07 Å². The molecule has 0 spiro atoms. The molecule has 0 bridgehead atoms. The predicted molar refractivity (Wildman–Crippen MR) is 73.9 cm³/mol. The van der Waals surface area contributed by atoms with Gasteiger partial charge in [0.1, 0.15) is 0 Å². The Labute approximate surface area is 106 Å². The summed E-state index contributed by atoms with van der Waals surface area (Å²) in [5.74, 6) is 1.50. The number of hydrogen-bond donors (Lipinski definition) is 2. The van der Waals surface area contributed by atoms with Crippen LogP contribution in [0.5, 0.6) is 0 Å². The van der Waals surface area contributed by atoms with E-state index in [-0.39, 0.29) is 13.2 Å². The highest BCUT2D eigenvalue weighted by Crippen LogP contribution is 2.30. The molecule has 0 rings (SSSR count). The van der Waals surface area contributed by atoms with Crippen molar-refractivity contribution < 1.29 is 10.2 Å². The molecule has 0 aromatic rings. The molecule has 0 aromatic carbocycles. The molecule has 0 aliphatic carbocycles. The third kappa shape index (κ3) is 6.89. The van der Waals surface area contributed by atoms with Gasteiger partial charge in [-0.05, 0) is 18.3 Å². The van der Waals surface area contributed by atoms with Crippen LogP contribution in [0.2, 0.25) is 24.7 Å². The lowest BCUT2D eigenvalue weighted by molar-refractivity contribution is 0.241. The van der Waals surface area contributed by atoms with Crippen LogP contribution < -0.4 is 0 Å². The molecule has 98 valence electrons. The third-order valence-electron chi connectivity index (χ3n) is 3.22. The highest BCUT2D eigenvalue weighted by atomic mass is 35.5. The maximum absolute atomic E-state index is 9.16. The quantitative estimate of drug-likeness (QED) is 0.498. The van der Waals surface area contributed by atoms with Gasteiger partial charge < -0.3 is 10.2 Å². The van der Waals surface area contributed by atoms with Crippen molar-refractivity contribution in [3.8, 4) is 0 Å². The van der Waals surface area contributed by atoms with E-state index in [9.17, 15) is 0 Å². The zero-order chi connectivity index (χ0) is 12.6. The van der Waals surface area contributed by atoms with Crippen molar-refractivity contribution in [2.45, 2.75) is 44.9 Å². The molecule has 2 atom stereocenters. The standard InChI is InChI=1S/C12H27ClO2Si/c1-11(7-14)9-16(3,6-4-5-13)10-12(2)8-15/h11-12,14-15H,4-10H2,1-3H3. The van der Waals surface area contributed by atoms with Gasteiger partial charge in [0.25, 0.3) is 0 Å². The van der Waals surface area contributed by atoms with Gasteiger partial charge in [0, 0.05) is 19.1 Å². The summed E-state index contributed by atoms with van der Waals surface area (Å²) in [5.41, 5.74) is 0. The first kappa shape index (κ1) is 16.4. The summed E-state index contributed by atoms with van der Waals surface area (Å²) in [4.78, 5) is 0. The molecule has 0 fully saturated rings. The smallest absolute Gasteiger partial charge is 0.0512 e. The zero-order valence-electron chi connectivity index (χ0n) is 10.9. The molecule has 0 aromatic heterocycles. The van der Waals surface area contributed by atoms with Gasteiger partial charge in [0.15, 0.2) is 0 Å². The monoisotopic (exact) mass is 266 g/mol. The topological polar surface area (TPSA) is 40.5 Å². The summed E-state index contributed by atoms with van der Waals surface area (Å²) in [6.45, 7) is 7.15. The molecule has 0 saturated heterocycles. The molecule has 0 heterocycles. The molecule has 0 amide bonds. The second-order valence-electron chi connectivity index (χ2n) is 5.59. The lowest BCUT2D eigenvalue weighted by atomic mass is 10.2. The third-order valence-corrected chi connectivity index (χ3v) is 8.41. The van der Waals surface area contributed by atoms with Crippen LogP contribution in [-0.4, -0.2) is 37.4 Å². The molecule has 2 nitrogen and oxygen atoms in total. The minimum absolute atomic E-state index is 0.275. The van der Waals surface area contributed by atoms with E-state index in [2.05, 4.69) is 20.4 Å². The number of aliphatic hydroxyl groups is 2. The zero-order valence-corrected chi connectivity index (χ0v) is 12.6. The van der Waals surface area contributed by atoms with Crippen molar-refractivity contribution in [3.05, 3.63) is 0 Å². The highest BCUT2D eigenvalue weighted by molar-refractivity contribution is 6.78. The normalized spacial score (nSPS) is 19.1. The summed E-state index contributed by atoms with van der Waals surface area (Å²) < 4.78 is 0. The molecule has 2 N–H and O–H groups in total. The Kier molecular flexibility index (Phi) is 8.73. The van der Waals surface area contributed by atoms with E-state index in [0.717, 1.165) is 24.4 Å². The van der Waals surface area contributed by atoms with Crippen LogP contribution in [0.1, 0.15) is 20.3 Å². The fourth-order valence-corrected chi connectivity index (χ4v) is 8.18. The van der Waals surface area contributed by atoms with E-state index >= 15 is 0 Å². The van der Waals surface area contributed by atoms with Crippen molar-refractivity contribution >= 4 is 19.7 Å². The van der Waals surface area contributed by atoms with E-state index in [4.69, 9.17) is 21.8 Å². The van der Waals surface area contributed by atoms with Gasteiger partial charge in [-0.15, -0.1) is 11.6 Å². The number of rotatable bonds is 9. The maximum Gasteiger partial charge on any atom is 0.0512 e. The van der Waals surface area contributed by atoms with Gasteiger partial charge in [-0.1, -0.05) is 38.5 Å². The van der Waals surface area contributed by atoms with Crippen LogP contribution in [0.25, 0.3) is 0 Å². The van der Waals surface area contributed by atoms with Gasteiger partial charge >= 0.3 is 0 Å². The van der Waals surface area contributed by atoms with E-state index in [1.165, 1.54) is 6.04 Å². The maximum atomic E-state index is 9.16. The molecule has 4 heteroatoms. The Morgan fingerprint density at radius 1 is 1.06 bits per heavy atom. The minimum atomic E-state index is -1.34. The SMILES string of the molecule is CC(CO)C[Si](C)(CCCCl)CC(C)CO. The summed E-state index contributed by atoms with van der Waals surface area (Å²) in [6, 6.07) is 3.50. The van der Waals surface area contributed by atoms with Crippen molar-refractivity contribution in [1.29, 1.82) is 0 Å². The van der Waals surface area contributed by atoms with Crippen LogP contribution in [0.4, 0.5) is 0 Å². The van der Waals surface area contributed by atoms with E-state index in [1.807, 2.05) is 0 Å². The lowest BCUT2D eigenvalue weighted by Gasteiger charge is -2.32. The van der Waals surface area contributed by atoms with Gasteiger partial charge in [-0.2, -0.15) is 0 Å². The van der Waals surface area contributed by atoms with Crippen LogP contribution in [0.3, 0.4) is 0 Å². The van der Waals surface area contributed by atoms with Crippen LogP contribution in [0.15, 0.2) is 0 Å². The molecule has 16 heavy (non-hydrogen) atoms. The molecular weight excluding hydrogens is 240 g/mol. The van der Waals surface area contributed by atoms with Crippen molar-refractivity contribution in [2.24, 2.45) is 11.8 Å². The van der Waals surface area contributed by atoms with Crippen molar-refractivity contribution in [3.63, 3.8) is 0 Å². The van der Waals surface area contributed by atoms with E-state index in [0.29, 0.717) is 11.8 Å². The summed E-state index contributed by atoms with van der Waals surface area (Å²) >= 11 is 5.77. The number of hydrogen-bond acceptors (Lipinski definition) is 2. The molecule has 0 saturated carbocycles. The van der Waals surface area contributed by atoms with E-state index in [1.54, 1.807) is 0 Å². The first-order chi connectivity index (χ1) is 7.47. The van der Waals surface area contributed by atoms with Gasteiger partial charge in [-0.25, -0.2) is 0 Å². The Morgan fingerprint density at radius 3 is 1.81 bits per heavy atom. The van der Waals surface area contributed by atoms with Crippen LogP contribution >= 0.6 is 11.6 Å². The summed E-state index contributed by atoms with van der Waals surface area (Å²) in [5, 5.41) is 18.3. The Balaban J connectivity index is 4.34. The Bertz CT molecular complexity index is 166. The number of halogens is 1. The number of alkyl halides is 1. The second kappa shape index (κ2) is 8.51. The second-order valence-corrected chi connectivity index (χ2v) is 10.9. The lowest BCUT2D eigenvalue weighted by Crippen LogP contribution is -2.35. The van der Waals surface area contributed by atoms with Crippen LogP contribution in [0, 0.1) is 11.8 Å². The van der Waals surface area contributed by atoms with Gasteiger partial charge in [-0.3, -0.25) is 0 Å². The fraction of sp³-hybridized carbons (Fsp3) is 1.00. The fourth-order valence-electron chi connectivity index (χ4n) is 2.59. The molecule has 2 unspecified atom stereocenters.